The standard InChI is InChI=1S/C22H25FN2O6S/c1-30-21(26)9-10-24(16-17-5-3-2-4-6-17)22(27)19-15-18(7-8-20(19)23)32(28,29)25-11-13-31-14-12-25/h2-8,15H,9-14,16H2,1H3. The second-order valence-electron chi connectivity index (χ2n) is 7.20. The van der Waals surface area contributed by atoms with Gasteiger partial charge in [-0.2, -0.15) is 4.31 Å². The molecule has 0 spiro atoms. The highest BCUT2D eigenvalue weighted by Crippen LogP contribution is 2.22. The van der Waals surface area contributed by atoms with Crippen molar-refractivity contribution in [2.75, 3.05) is 40.0 Å². The van der Waals surface area contributed by atoms with Crippen molar-refractivity contribution < 1.29 is 31.9 Å². The van der Waals surface area contributed by atoms with Gasteiger partial charge in [-0.25, -0.2) is 12.8 Å². The highest BCUT2D eigenvalue weighted by Gasteiger charge is 2.29. The van der Waals surface area contributed by atoms with Gasteiger partial charge >= 0.3 is 5.97 Å². The van der Waals surface area contributed by atoms with Crippen molar-refractivity contribution in [1.29, 1.82) is 0 Å². The third-order valence-corrected chi connectivity index (χ3v) is 6.99. The van der Waals surface area contributed by atoms with Gasteiger partial charge in [0.2, 0.25) is 10.0 Å². The smallest absolute Gasteiger partial charge is 0.307 e. The lowest BCUT2D eigenvalue weighted by Gasteiger charge is -2.26. The molecule has 1 aliphatic heterocycles. The van der Waals surface area contributed by atoms with Gasteiger partial charge in [-0.3, -0.25) is 9.59 Å². The highest BCUT2D eigenvalue weighted by atomic mass is 32.2. The van der Waals surface area contributed by atoms with E-state index in [1.165, 1.54) is 16.3 Å². The molecule has 0 atom stereocenters. The number of hydrogen-bond acceptors (Lipinski definition) is 6. The van der Waals surface area contributed by atoms with Crippen LogP contribution in [0.1, 0.15) is 22.3 Å². The molecule has 32 heavy (non-hydrogen) atoms. The molecule has 10 heteroatoms. The minimum absolute atomic E-state index is 0.0136. The first-order valence-electron chi connectivity index (χ1n) is 10.1. The summed E-state index contributed by atoms with van der Waals surface area (Å²) in [5.41, 5.74) is 0.406. The predicted octanol–water partition coefficient (Wildman–Crippen LogP) is 2.05. The van der Waals surface area contributed by atoms with Crippen LogP contribution in [0.15, 0.2) is 53.4 Å². The molecule has 2 aromatic carbocycles. The Morgan fingerprint density at radius 2 is 1.81 bits per heavy atom. The summed E-state index contributed by atoms with van der Waals surface area (Å²) in [6.45, 7) is 1.01. The molecule has 1 aliphatic rings. The first-order chi connectivity index (χ1) is 15.3. The van der Waals surface area contributed by atoms with Crippen LogP contribution in [0.25, 0.3) is 0 Å². The van der Waals surface area contributed by atoms with Gasteiger partial charge in [-0.1, -0.05) is 30.3 Å². The lowest BCUT2D eigenvalue weighted by molar-refractivity contribution is -0.140. The summed E-state index contributed by atoms with van der Waals surface area (Å²) in [4.78, 5) is 26.0. The van der Waals surface area contributed by atoms with Gasteiger partial charge in [0.15, 0.2) is 0 Å². The normalized spacial score (nSPS) is 14.7. The average molecular weight is 465 g/mol. The topological polar surface area (TPSA) is 93.2 Å². The Hall–Kier alpha value is -2.82. The molecule has 0 aliphatic carbocycles. The zero-order valence-electron chi connectivity index (χ0n) is 17.7. The number of ether oxygens (including phenoxy) is 2. The van der Waals surface area contributed by atoms with Crippen molar-refractivity contribution in [3.05, 3.63) is 65.5 Å². The Morgan fingerprint density at radius 1 is 1.12 bits per heavy atom. The van der Waals surface area contributed by atoms with E-state index in [9.17, 15) is 22.4 Å². The molecule has 0 bridgehead atoms. The first-order valence-corrected chi connectivity index (χ1v) is 11.5. The number of nitrogens with zero attached hydrogens (tertiary/aromatic N) is 2. The summed E-state index contributed by atoms with van der Waals surface area (Å²) in [6.07, 6.45) is -0.0809. The summed E-state index contributed by atoms with van der Waals surface area (Å²) in [5.74, 6) is -2.07. The Kier molecular flexibility index (Phi) is 7.94. The summed E-state index contributed by atoms with van der Waals surface area (Å²) in [7, 11) is -2.67. The van der Waals surface area contributed by atoms with Crippen LogP contribution in [0.4, 0.5) is 4.39 Å². The Balaban J connectivity index is 1.90. The number of esters is 1. The zero-order valence-corrected chi connectivity index (χ0v) is 18.5. The molecule has 8 nitrogen and oxygen atoms in total. The molecule has 0 aromatic heterocycles. The molecule has 0 radical (unpaired) electrons. The molecular formula is C22H25FN2O6S. The summed E-state index contributed by atoms with van der Waals surface area (Å²) in [5, 5.41) is 0. The summed E-state index contributed by atoms with van der Waals surface area (Å²) in [6, 6.07) is 12.2. The molecule has 1 amide bonds. The molecule has 1 fully saturated rings. The SMILES string of the molecule is COC(=O)CCN(Cc1ccccc1)C(=O)c1cc(S(=O)(=O)N2CCOCC2)ccc1F. The van der Waals surface area contributed by atoms with E-state index in [0.29, 0.717) is 0 Å². The Morgan fingerprint density at radius 3 is 2.47 bits per heavy atom. The van der Waals surface area contributed by atoms with Crippen molar-refractivity contribution in [2.24, 2.45) is 0 Å². The minimum Gasteiger partial charge on any atom is -0.469 e. The Bertz CT molecular complexity index is 1060. The van der Waals surface area contributed by atoms with Gasteiger partial charge in [0.05, 0.1) is 37.2 Å². The third-order valence-electron chi connectivity index (χ3n) is 5.09. The second-order valence-corrected chi connectivity index (χ2v) is 9.13. The van der Waals surface area contributed by atoms with Gasteiger partial charge in [0, 0.05) is 26.2 Å². The highest BCUT2D eigenvalue weighted by molar-refractivity contribution is 7.89. The first kappa shape index (κ1) is 23.8. The molecule has 0 saturated carbocycles. The number of methoxy groups -OCH3 is 1. The fraction of sp³-hybridized carbons (Fsp3) is 0.364. The summed E-state index contributed by atoms with van der Waals surface area (Å²) >= 11 is 0. The van der Waals surface area contributed by atoms with E-state index in [4.69, 9.17) is 4.74 Å². The number of sulfonamides is 1. The van der Waals surface area contributed by atoms with Crippen molar-refractivity contribution in [2.45, 2.75) is 17.9 Å². The number of hydrogen-bond donors (Lipinski definition) is 0. The maximum Gasteiger partial charge on any atom is 0.307 e. The minimum atomic E-state index is -3.91. The summed E-state index contributed by atoms with van der Waals surface area (Å²) < 4.78 is 51.6. The molecule has 1 saturated heterocycles. The van der Waals surface area contributed by atoms with Gasteiger partial charge < -0.3 is 14.4 Å². The van der Waals surface area contributed by atoms with Gasteiger partial charge in [0.25, 0.3) is 5.91 Å². The quantitative estimate of drug-likeness (QED) is 0.555. The maximum atomic E-state index is 14.6. The third kappa shape index (κ3) is 5.70. The second kappa shape index (κ2) is 10.7. The van der Waals surface area contributed by atoms with Crippen LogP contribution in [0.5, 0.6) is 0 Å². The van der Waals surface area contributed by atoms with Crippen LogP contribution < -0.4 is 0 Å². The fourth-order valence-electron chi connectivity index (χ4n) is 3.32. The maximum absolute atomic E-state index is 14.6. The van der Waals surface area contributed by atoms with Crippen LogP contribution in [0.3, 0.4) is 0 Å². The van der Waals surface area contributed by atoms with Crippen molar-refractivity contribution in [1.82, 2.24) is 9.21 Å². The van der Waals surface area contributed by atoms with E-state index >= 15 is 0 Å². The number of carbonyl (C=O) groups excluding carboxylic acids is 2. The predicted molar refractivity (Wildman–Crippen MR) is 114 cm³/mol. The Labute approximate surface area is 186 Å². The van der Waals surface area contributed by atoms with Gasteiger partial charge in [0.1, 0.15) is 5.82 Å². The van der Waals surface area contributed by atoms with E-state index < -0.39 is 27.7 Å². The van der Waals surface area contributed by atoms with Crippen LogP contribution in [0, 0.1) is 5.82 Å². The van der Waals surface area contributed by atoms with E-state index in [0.717, 1.165) is 23.8 Å². The number of halogens is 1. The molecule has 0 N–H and O–H groups in total. The zero-order chi connectivity index (χ0) is 23.1. The van der Waals surface area contributed by atoms with Crippen LogP contribution in [-0.4, -0.2) is 69.5 Å². The van der Waals surface area contributed by atoms with Gasteiger partial charge in [-0.05, 0) is 23.8 Å². The molecule has 3 rings (SSSR count). The molecule has 172 valence electrons. The largest absolute Gasteiger partial charge is 0.469 e. The van der Waals surface area contributed by atoms with Crippen LogP contribution in [0.2, 0.25) is 0 Å². The van der Waals surface area contributed by atoms with E-state index in [2.05, 4.69) is 4.74 Å². The van der Waals surface area contributed by atoms with Crippen molar-refractivity contribution in [3.63, 3.8) is 0 Å². The van der Waals surface area contributed by atoms with Crippen molar-refractivity contribution in [3.8, 4) is 0 Å². The lowest BCUT2D eigenvalue weighted by Crippen LogP contribution is -2.40. The van der Waals surface area contributed by atoms with Crippen LogP contribution >= 0.6 is 0 Å². The fourth-order valence-corrected chi connectivity index (χ4v) is 4.75. The number of amides is 1. The van der Waals surface area contributed by atoms with E-state index in [1.54, 1.807) is 24.3 Å². The lowest BCUT2D eigenvalue weighted by atomic mass is 10.1. The molecule has 2 aromatic rings. The monoisotopic (exact) mass is 464 g/mol. The molecule has 1 heterocycles. The number of morpholine rings is 1. The number of rotatable bonds is 8. The molecular weight excluding hydrogens is 439 g/mol. The number of benzene rings is 2. The number of carbonyl (C=O) groups is 2. The van der Waals surface area contributed by atoms with Crippen molar-refractivity contribution >= 4 is 21.9 Å². The van der Waals surface area contributed by atoms with E-state index in [-0.39, 0.29) is 56.3 Å². The van der Waals surface area contributed by atoms with Gasteiger partial charge in [-0.15, -0.1) is 0 Å². The average Bonchev–Trinajstić information content (AvgIpc) is 2.82. The molecule has 0 unspecified atom stereocenters. The van der Waals surface area contributed by atoms with E-state index in [1.807, 2.05) is 6.07 Å². The van der Waals surface area contributed by atoms with Crippen LogP contribution in [-0.2, 0) is 30.8 Å².